The summed E-state index contributed by atoms with van der Waals surface area (Å²) in [6, 6.07) is 11.0. The molecule has 3 N–H and O–H groups in total. The van der Waals surface area contributed by atoms with Crippen LogP contribution >= 0.6 is 0 Å². The SMILES string of the molecule is CC1CCCC(CN)(NC(C)c2ccccc2)C1. The van der Waals surface area contributed by atoms with Crippen molar-refractivity contribution in [3.05, 3.63) is 35.9 Å². The predicted molar refractivity (Wildman–Crippen MR) is 77.4 cm³/mol. The van der Waals surface area contributed by atoms with Gasteiger partial charge in [-0.05, 0) is 31.2 Å². The molecule has 2 rings (SSSR count). The van der Waals surface area contributed by atoms with Crippen molar-refractivity contribution < 1.29 is 0 Å². The lowest BCUT2D eigenvalue weighted by Gasteiger charge is -2.42. The van der Waals surface area contributed by atoms with Gasteiger partial charge in [0.05, 0.1) is 0 Å². The third-order valence-corrected chi connectivity index (χ3v) is 4.30. The number of benzene rings is 1. The molecule has 100 valence electrons. The second-order valence-electron chi connectivity index (χ2n) is 5.96. The molecule has 1 aliphatic carbocycles. The van der Waals surface area contributed by atoms with E-state index in [9.17, 15) is 0 Å². The largest absolute Gasteiger partial charge is 0.329 e. The number of hydrogen-bond acceptors (Lipinski definition) is 2. The van der Waals surface area contributed by atoms with Gasteiger partial charge in [0.1, 0.15) is 0 Å². The van der Waals surface area contributed by atoms with Crippen LogP contribution in [0.4, 0.5) is 0 Å². The standard InChI is InChI=1S/C16H26N2/c1-13-7-6-10-16(11-13,12-17)18-14(2)15-8-4-3-5-9-15/h3-5,8-9,13-14,18H,6-7,10-12,17H2,1-2H3. The van der Waals surface area contributed by atoms with Crippen LogP contribution in [-0.2, 0) is 0 Å². The number of rotatable bonds is 4. The molecule has 2 heteroatoms. The van der Waals surface area contributed by atoms with Gasteiger partial charge >= 0.3 is 0 Å². The number of hydrogen-bond donors (Lipinski definition) is 2. The second-order valence-corrected chi connectivity index (χ2v) is 5.96. The van der Waals surface area contributed by atoms with Crippen LogP contribution in [0.2, 0.25) is 0 Å². The van der Waals surface area contributed by atoms with Gasteiger partial charge in [-0.15, -0.1) is 0 Å². The molecule has 0 amide bonds. The molecule has 3 unspecified atom stereocenters. The molecule has 0 radical (unpaired) electrons. The van der Waals surface area contributed by atoms with Gasteiger partial charge in [-0.2, -0.15) is 0 Å². The quantitative estimate of drug-likeness (QED) is 0.856. The van der Waals surface area contributed by atoms with Crippen molar-refractivity contribution in [3.8, 4) is 0 Å². The van der Waals surface area contributed by atoms with E-state index in [1.807, 2.05) is 0 Å². The summed E-state index contributed by atoms with van der Waals surface area (Å²) < 4.78 is 0. The van der Waals surface area contributed by atoms with Crippen molar-refractivity contribution in [3.63, 3.8) is 0 Å². The molecule has 0 heterocycles. The van der Waals surface area contributed by atoms with Crippen LogP contribution in [0.25, 0.3) is 0 Å². The predicted octanol–water partition coefficient (Wildman–Crippen LogP) is 3.24. The van der Waals surface area contributed by atoms with Gasteiger partial charge in [0.25, 0.3) is 0 Å². The van der Waals surface area contributed by atoms with Gasteiger partial charge in [-0.1, -0.05) is 50.1 Å². The molecular weight excluding hydrogens is 220 g/mol. The number of nitrogens with two attached hydrogens (primary N) is 1. The molecule has 2 nitrogen and oxygen atoms in total. The van der Waals surface area contributed by atoms with Crippen molar-refractivity contribution in [1.29, 1.82) is 0 Å². The molecule has 1 aromatic rings. The fraction of sp³-hybridized carbons (Fsp3) is 0.625. The molecule has 0 bridgehead atoms. The van der Waals surface area contributed by atoms with Crippen LogP contribution in [-0.4, -0.2) is 12.1 Å². The third kappa shape index (κ3) is 3.12. The zero-order valence-electron chi connectivity index (χ0n) is 11.7. The lowest BCUT2D eigenvalue weighted by Crippen LogP contribution is -2.54. The van der Waals surface area contributed by atoms with Crippen LogP contribution in [0.5, 0.6) is 0 Å². The summed E-state index contributed by atoms with van der Waals surface area (Å²) in [6.45, 7) is 5.33. The Morgan fingerprint density at radius 3 is 2.72 bits per heavy atom. The highest BCUT2D eigenvalue weighted by molar-refractivity contribution is 5.19. The lowest BCUT2D eigenvalue weighted by atomic mass is 9.76. The maximum absolute atomic E-state index is 6.06. The highest BCUT2D eigenvalue weighted by atomic mass is 15.0. The Kier molecular flexibility index (Phi) is 4.41. The summed E-state index contributed by atoms with van der Waals surface area (Å²) in [5.74, 6) is 0.790. The molecule has 0 spiro atoms. The maximum Gasteiger partial charge on any atom is 0.0311 e. The first-order valence-corrected chi connectivity index (χ1v) is 7.18. The summed E-state index contributed by atoms with van der Waals surface area (Å²) in [5.41, 5.74) is 7.56. The Hall–Kier alpha value is -0.860. The van der Waals surface area contributed by atoms with Crippen LogP contribution in [0, 0.1) is 5.92 Å². The van der Waals surface area contributed by atoms with E-state index in [0.29, 0.717) is 6.04 Å². The Balaban J connectivity index is 2.06. The van der Waals surface area contributed by atoms with Gasteiger partial charge < -0.3 is 11.1 Å². The zero-order chi connectivity index (χ0) is 13.0. The van der Waals surface area contributed by atoms with E-state index in [2.05, 4.69) is 49.5 Å². The van der Waals surface area contributed by atoms with Crippen molar-refractivity contribution in [2.45, 2.75) is 51.1 Å². The molecule has 18 heavy (non-hydrogen) atoms. The summed E-state index contributed by atoms with van der Waals surface area (Å²) in [7, 11) is 0. The first-order chi connectivity index (χ1) is 8.65. The van der Waals surface area contributed by atoms with E-state index in [1.54, 1.807) is 0 Å². The van der Waals surface area contributed by atoms with Crippen LogP contribution in [0.15, 0.2) is 30.3 Å². The average molecular weight is 246 g/mol. The molecule has 0 aromatic heterocycles. The summed E-state index contributed by atoms with van der Waals surface area (Å²) >= 11 is 0. The highest BCUT2D eigenvalue weighted by Gasteiger charge is 2.34. The summed E-state index contributed by atoms with van der Waals surface area (Å²) in [6.07, 6.45) is 5.07. The Morgan fingerprint density at radius 2 is 2.11 bits per heavy atom. The molecule has 0 aliphatic heterocycles. The Bertz CT molecular complexity index is 363. The molecule has 1 fully saturated rings. The van der Waals surface area contributed by atoms with Gasteiger partial charge in [-0.3, -0.25) is 0 Å². The molecule has 1 aliphatic rings. The number of nitrogens with one attached hydrogen (secondary N) is 1. The molecule has 0 saturated heterocycles. The van der Waals surface area contributed by atoms with E-state index >= 15 is 0 Å². The Morgan fingerprint density at radius 1 is 1.39 bits per heavy atom. The smallest absolute Gasteiger partial charge is 0.0311 e. The normalized spacial score (nSPS) is 30.1. The zero-order valence-corrected chi connectivity index (χ0v) is 11.7. The van der Waals surface area contributed by atoms with E-state index < -0.39 is 0 Å². The lowest BCUT2D eigenvalue weighted by molar-refractivity contribution is 0.178. The minimum absolute atomic E-state index is 0.146. The molecule has 3 atom stereocenters. The third-order valence-electron chi connectivity index (χ3n) is 4.30. The van der Waals surface area contributed by atoms with Crippen molar-refractivity contribution >= 4 is 0 Å². The van der Waals surface area contributed by atoms with Crippen molar-refractivity contribution in [2.24, 2.45) is 11.7 Å². The maximum atomic E-state index is 6.06. The topological polar surface area (TPSA) is 38.0 Å². The minimum atomic E-state index is 0.146. The van der Waals surface area contributed by atoms with E-state index in [4.69, 9.17) is 5.73 Å². The van der Waals surface area contributed by atoms with Crippen molar-refractivity contribution in [2.75, 3.05) is 6.54 Å². The first-order valence-electron chi connectivity index (χ1n) is 7.18. The monoisotopic (exact) mass is 246 g/mol. The van der Waals surface area contributed by atoms with E-state index in [0.717, 1.165) is 12.5 Å². The minimum Gasteiger partial charge on any atom is -0.329 e. The Labute approximate surface area is 111 Å². The van der Waals surface area contributed by atoms with Crippen LogP contribution in [0.3, 0.4) is 0 Å². The van der Waals surface area contributed by atoms with Gasteiger partial charge in [0.15, 0.2) is 0 Å². The van der Waals surface area contributed by atoms with Crippen molar-refractivity contribution in [1.82, 2.24) is 5.32 Å². The fourth-order valence-electron chi connectivity index (χ4n) is 3.32. The van der Waals surface area contributed by atoms with Gasteiger partial charge in [0, 0.05) is 18.1 Å². The average Bonchev–Trinajstić information content (AvgIpc) is 2.39. The summed E-state index contributed by atoms with van der Waals surface area (Å²) in [5, 5.41) is 3.80. The molecule has 1 aromatic carbocycles. The van der Waals surface area contributed by atoms with Gasteiger partial charge in [0.2, 0.25) is 0 Å². The van der Waals surface area contributed by atoms with Crippen LogP contribution < -0.4 is 11.1 Å². The van der Waals surface area contributed by atoms with E-state index in [1.165, 1.54) is 31.2 Å². The summed E-state index contributed by atoms with van der Waals surface area (Å²) in [4.78, 5) is 0. The van der Waals surface area contributed by atoms with E-state index in [-0.39, 0.29) is 5.54 Å². The highest BCUT2D eigenvalue weighted by Crippen LogP contribution is 2.33. The van der Waals surface area contributed by atoms with Crippen LogP contribution in [0.1, 0.15) is 51.1 Å². The molecule has 1 saturated carbocycles. The first kappa shape index (κ1) is 13.6. The molecular formula is C16H26N2. The second kappa shape index (κ2) is 5.85. The van der Waals surface area contributed by atoms with Gasteiger partial charge in [-0.25, -0.2) is 0 Å². The fourth-order valence-corrected chi connectivity index (χ4v) is 3.32.